The molecule has 0 saturated carbocycles. The van der Waals surface area contributed by atoms with E-state index >= 15 is 0 Å². The van der Waals surface area contributed by atoms with Crippen molar-refractivity contribution in [3.63, 3.8) is 0 Å². The molecule has 140 valence electrons. The monoisotopic (exact) mass is 393 g/mol. The van der Waals surface area contributed by atoms with Gasteiger partial charge in [-0.3, -0.25) is 10.1 Å². The molecular formula is C20H15N3O4S. The first-order valence-electron chi connectivity index (χ1n) is 8.30. The molecule has 1 heterocycles. The molecule has 0 saturated heterocycles. The minimum absolute atomic E-state index is 0.00856. The molecular weight excluding hydrogens is 378 g/mol. The van der Waals surface area contributed by atoms with Gasteiger partial charge in [-0.05, 0) is 42.8 Å². The number of nitro benzene ring substituents is 1. The lowest BCUT2D eigenvalue weighted by molar-refractivity contribution is -0.384. The molecule has 0 amide bonds. The van der Waals surface area contributed by atoms with Gasteiger partial charge < -0.3 is 9.84 Å². The Morgan fingerprint density at radius 2 is 2.11 bits per heavy atom. The van der Waals surface area contributed by atoms with Crippen LogP contribution in [0, 0.1) is 21.4 Å². The molecule has 0 atom stereocenters. The lowest BCUT2D eigenvalue weighted by atomic mass is 10.1. The van der Waals surface area contributed by atoms with Crippen molar-refractivity contribution >= 4 is 28.7 Å². The summed E-state index contributed by atoms with van der Waals surface area (Å²) >= 11 is 1.31. The Labute approximate surface area is 164 Å². The van der Waals surface area contributed by atoms with Crippen LogP contribution in [-0.4, -0.2) is 21.6 Å². The van der Waals surface area contributed by atoms with E-state index in [0.717, 1.165) is 5.56 Å². The molecule has 3 aromatic rings. The molecule has 0 spiro atoms. The van der Waals surface area contributed by atoms with Gasteiger partial charge in [-0.1, -0.05) is 6.07 Å². The number of aromatic nitrogens is 1. The lowest BCUT2D eigenvalue weighted by Crippen LogP contribution is -1.92. The maximum atomic E-state index is 10.8. The minimum atomic E-state index is -0.457. The second-order valence-corrected chi connectivity index (χ2v) is 6.53. The molecule has 28 heavy (non-hydrogen) atoms. The minimum Gasteiger partial charge on any atom is -0.504 e. The first kappa shape index (κ1) is 19.1. The van der Waals surface area contributed by atoms with E-state index in [2.05, 4.69) is 11.1 Å². The SMILES string of the molecule is CCOc1cc(/C=C(\C#N)c2nc(-c3ccc([N+](=O)[O-])cc3)cs2)ccc1O. The number of ether oxygens (including phenoxy) is 1. The van der Waals surface area contributed by atoms with E-state index in [9.17, 15) is 20.5 Å². The Kier molecular flexibility index (Phi) is 5.67. The number of hydrogen-bond donors (Lipinski definition) is 1. The maximum Gasteiger partial charge on any atom is 0.269 e. The fraction of sp³-hybridized carbons (Fsp3) is 0.100. The van der Waals surface area contributed by atoms with Crippen molar-refractivity contribution in [2.45, 2.75) is 6.92 Å². The van der Waals surface area contributed by atoms with E-state index in [1.807, 2.05) is 6.92 Å². The van der Waals surface area contributed by atoms with E-state index in [0.29, 0.717) is 34.2 Å². The molecule has 1 aromatic heterocycles. The zero-order valence-corrected chi connectivity index (χ0v) is 15.6. The first-order valence-corrected chi connectivity index (χ1v) is 9.18. The van der Waals surface area contributed by atoms with Crippen LogP contribution in [0.25, 0.3) is 22.9 Å². The van der Waals surface area contributed by atoms with Crippen LogP contribution >= 0.6 is 11.3 Å². The lowest BCUT2D eigenvalue weighted by Gasteiger charge is -2.06. The molecule has 0 fully saturated rings. The fourth-order valence-electron chi connectivity index (χ4n) is 2.48. The van der Waals surface area contributed by atoms with Crippen molar-refractivity contribution in [1.29, 1.82) is 5.26 Å². The Morgan fingerprint density at radius 1 is 1.36 bits per heavy atom. The second kappa shape index (κ2) is 8.33. The number of phenols is 1. The highest BCUT2D eigenvalue weighted by Crippen LogP contribution is 2.31. The summed E-state index contributed by atoms with van der Waals surface area (Å²) in [6, 6.07) is 13.1. The molecule has 0 unspecified atom stereocenters. The molecule has 1 N–H and O–H groups in total. The van der Waals surface area contributed by atoms with Gasteiger partial charge in [-0.25, -0.2) is 4.98 Å². The van der Waals surface area contributed by atoms with E-state index in [1.165, 1.54) is 29.5 Å². The predicted octanol–water partition coefficient (Wildman–Crippen LogP) is 4.89. The zero-order chi connectivity index (χ0) is 20.1. The zero-order valence-electron chi connectivity index (χ0n) is 14.8. The molecule has 3 rings (SSSR count). The summed E-state index contributed by atoms with van der Waals surface area (Å²) in [6.45, 7) is 2.23. The summed E-state index contributed by atoms with van der Waals surface area (Å²) in [5.41, 5.74) is 2.44. The van der Waals surface area contributed by atoms with Crippen molar-refractivity contribution in [3.8, 4) is 28.8 Å². The van der Waals surface area contributed by atoms with Gasteiger partial charge in [-0.2, -0.15) is 5.26 Å². The second-order valence-electron chi connectivity index (χ2n) is 5.67. The van der Waals surface area contributed by atoms with Gasteiger partial charge in [0.2, 0.25) is 0 Å². The van der Waals surface area contributed by atoms with Crippen molar-refractivity contribution < 1.29 is 14.8 Å². The van der Waals surface area contributed by atoms with Crippen LogP contribution < -0.4 is 4.74 Å². The predicted molar refractivity (Wildman–Crippen MR) is 107 cm³/mol. The van der Waals surface area contributed by atoms with Crippen molar-refractivity contribution in [2.75, 3.05) is 6.61 Å². The number of nitrogens with zero attached hydrogens (tertiary/aromatic N) is 3. The number of hydrogen-bond acceptors (Lipinski definition) is 7. The van der Waals surface area contributed by atoms with Gasteiger partial charge in [0.1, 0.15) is 11.1 Å². The Morgan fingerprint density at radius 3 is 2.75 bits per heavy atom. The highest BCUT2D eigenvalue weighted by Gasteiger charge is 2.11. The molecule has 0 aliphatic heterocycles. The highest BCUT2D eigenvalue weighted by molar-refractivity contribution is 7.11. The molecule has 0 aliphatic carbocycles. The van der Waals surface area contributed by atoms with E-state index in [-0.39, 0.29) is 11.4 Å². The molecule has 0 radical (unpaired) electrons. The summed E-state index contributed by atoms with van der Waals surface area (Å²) in [5, 5.41) is 32.4. The van der Waals surface area contributed by atoms with Gasteiger partial charge >= 0.3 is 0 Å². The molecule has 0 aliphatic rings. The molecule has 0 bridgehead atoms. The molecule has 2 aromatic carbocycles. The van der Waals surface area contributed by atoms with E-state index < -0.39 is 4.92 Å². The van der Waals surface area contributed by atoms with Crippen LogP contribution in [0.2, 0.25) is 0 Å². The normalized spacial score (nSPS) is 11.1. The Balaban J connectivity index is 1.90. The molecule has 8 heteroatoms. The number of allylic oxidation sites excluding steroid dienone is 1. The van der Waals surface area contributed by atoms with Crippen LogP contribution in [0.3, 0.4) is 0 Å². The van der Waals surface area contributed by atoms with Crippen LogP contribution in [0.5, 0.6) is 11.5 Å². The number of aromatic hydroxyl groups is 1. The third kappa shape index (κ3) is 4.16. The number of rotatable bonds is 6. The van der Waals surface area contributed by atoms with Gasteiger partial charge in [-0.15, -0.1) is 11.3 Å². The Hall–Kier alpha value is -3.70. The number of nitro groups is 1. The smallest absolute Gasteiger partial charge is 0.269 e. The number of non-ortho nitro benzene ring substituents is 1. The molecule has 7 nitrogen and oxygen atoms in total. The van der Waals surface area contributed by atoms with Gasteiger partial charge in [0.25, 0.3) is 5.69 Å². The Bertz CT molecular complexity index is 1080. The van der Waals surface area contributed by atoms with E-state index in [1.54, 1.807) is 35.7 Å². The summed E-state index contributed by atoms with van der Waals surface area (Å²) in [7, 11) is 0. The highest BCUT2D eigenvalue weighted by atomic mass is 32.1. The quantitative estimate of drug-likeness (QED) is 0.363. The summed E-state index contributed by atoms with van der Waals surface area (Å²) in [6.07, 6.45) is 1.67. The van der Waals surface area contributed by atoms with Crippen LogP contribution in [0.4, 0.5) is 5.69 Å². The summed E-state index contributed by atoms with van der Waals surface area (Å²) in [5.74, 6) is 0.381. The van der Waals surface area contributed by atoms with Crippen molar-refractivity contribution in [1.82, 2.24) is 4.98 Å². The average molecular weight is 393 g/mol. The number of benzene rings is 2. The number of thiazole rings is 1. The van der Waals surface area contributed by atoms with Crippen molar-refractivity contribution in [2.24, 2.45) is 0 Å². The fourth-order valence-corrected chi connectivity index (χ4v) is 3.28. The van der Waals surface area contributed by atoms with Gasteiger partial charge in [0.15, 0.2) is 11.5 Å². The van der Waals surface area contributed by atoms with Crippen LogP contribution in [-0.2, 0) is 0 Å². The third-order valence-electron chi connectivity index (χ3n) is 3.82. The largest absolute Gasteiger partial charge is 0.504 e. The van der Waals surface area contributed by atoms with Gasteiger partial charge in [0, 0.05) is 23.1 Å². The average Bonchev–Trinajstić information content (AvgIpc) is 3.18. The first-order chi connectivity index (χ1) is 13.5. The van der Waals surface area contributed by atoms with Gasteiger partial charge in [0.05, 0.1) is 22.8 Å². The number of nitriles is 1. The number of phenolic OH excluding ortho intramolecular Hbond substituents is 1. The topological polar surface area (TPSA) is 109 Å². The van der Waals surface area contributed by atoms with Crippen molar-refractivity contribution in [3.05, 3.63) is 68.5 Å². The summed E-state index contributed by atoms with van der Waals surface area (Å²) < 4.78 is 5.36. The standard InChI is InChI=1S/C20H15N3O4S/c1-2-27-19-10-13(3-8-18(19)24)9-15(11-21)20-22-17(12-28-20)14-4-6-16(7-5-14)23(25)26/h3-10,12,24H,2H2,1H3/b15-9+. The maximum absolute atomic E-state index is 10.8. The van der Waals surface area contributed by atoms with E-state index in [4.69, 9.17) is 4.74 Å². The van der Waals surface area contributed by atoms with Crippen LogP contribution in [0.15, 0.2) is 47.8 Å². The third-order valence-corrected chi connectivity index (χ3v) is 4.70. The van der Waals surface area contributed by atoms with Crippen LogP contribution in [0.1, 0.15) is 17.5 Å². The summed E-state index contributed by atoms with van der Waals surface area (Å²) in [4.78, 5) is 14.8.